The Bertz CT molecular complexity index is 867. The Morgan fingerprint density at radius 1 is 1.18 bits per heavy atom. The topological polar surface area (TPSA) is 46.9 Å². The van der Waals surface area contributed by atoms with Crippen LogP contribution in [0.15, 0.2) is 47.4 Å². The quantitative estimate of drug-likeness (QED) is 0.740. The molecule has 2 aromatic carbocycles. The molecule has 22 heavy (non-hydrogen) atoms. The van der Waals surface area contributed by atoms with Crippen molar-refractivity contribution in [2.75, 3.05) is 12.8 Å². The van der Waals surface area contributed by atoms with Gasteiger partial charge in [-0.2, -0.15) is 0 Å². The van der Waals surface area contributed by atoms with E-state index in [1.54, 1.807) is 11.8 Å². The maximum atomic E-state index is 12.2. The summed E-state index contributed by atoms with van der Waals surface area (Å²) in [6.45, 7) is 1.35. The molecular weight excluding hydrogens is 294 g/mol. The fourth-order valence-corrected chi connectivity index (χ4v) is 3.33. The van der Waals surface area contributed by atoms with Gasteiger partial charge in [0.05, 0.1) is 16.6 Å². The molecule has 0 bridgehead atoms. The standard InChI is InChI=1S/C17H15N3OS/c1-22-12-7-5-11(6-8-12)16-19-14-4-2-3-13-15(14)20(16)10-9-18-17(13)21/h2-8H,9-10H2,1H3,(H,18,21). The molecule has 0 aliphatic carbocycles. The van der Waals surface area contributed by atoms with Crippen LogP contribution in [0, 0.1) is 0 Å². The van der Waals surface area contributed by atoms with Crippen molar-refractivity contribution in [2.24, 2.45) is 0 Å². The first-order valence-corrected chi connectivity index (χ1v) is 8.42. The van der Waals surface area contributed by atoms with Crippen LogP contribution in [-0.4, -0.2) is 28.3 Å². The lowest BCUT2D eigenvalue weighted by atomic mass is 10.1. The maximum absolute atomic E-state index is 12.2. The van der Waals surface area contributed by atoms with Gasteiger partial charge in [-0.15, -0.1) is 11.8 Å². The van der Waals surface area contributed by atoms with E-state index in [0.29, 0.717) is 12.1 Å². The third-order valence-corrected chi connectivity index (χ3v) is 4.72. The second kappa shape index (κ2) is 5.18. The summed E-state index contributed by atoms with van der Waals surface area (Å²) in [4.78, 5) is 18.2. The summed E-state index contributed by atoms with van der Waals surface area (Å²) in [6.07, 6.45) is 2.07. The molecule has 0 saturated heterocycles. The average molecular weight is 309 g/mol. The number of nitrogens with zero attached hydrogens (tertiary/aromatic N) is 2. The monoisotopic (exact) mass is 309 g/mol. The van der Waals surface area contributed by atoms with Crippen LogP contribution in [0.4, 0.5) is 0 Å². The van der Waals surface area contributed by atoms with Crippen LogP contribution < -0.4 is 5.32 Å². The van der Waals surface area contributed by atoms with Gasteiger partial charge in [0, 0.05) is 23.5 Å². The van der Waals surface area contributed by atoms with Crippen molar-refractivity contribution >= 4 is 28.7 Å². The van der Waals surface area contributed by atoms with Crippen molar-refractivity contribution in [3.63, 3.8) is 0 Å². The van der Waals surface area contributed by atoms with Crippen LogP contribution in [0.1, 0.15) is 10.4 Å². The van der Waals surface area contributed by atoms with Crippen molar-refractivity contribution in [3.05, 3.63) is 48.0 Å². The van der Waals surface area contributed by atoms with Gasteiger partial charge in [-0.3, -0.25) is 4.79 Å². The van der Waals surface area contributed by atoms with E-state index < -0.39 is 0 Å². The highest BCUT2D eigenvalue weighted by Crippen LogP contribution is 2.29. The zero-order valence-electron chi connectivity index (χ0n) is 12.2. The minimum atomic E-state index is -0.0199. The second-order valence-corrected chi connectivity index (χ2v) is 6.12. The van der Waals surface area contributed by atoms with E-state index in [2.05, 4.69) is 40.4 Å². The number of carbonyl (C=O) groups is 1. The molecule has 2 heterocycles. The van der Waals surface area contributed by atoms with Gasteiger partial charge in [-0.05, 0) is 30.5 Å². The van der Waals surface area contributed by atoms with Gasteiger partial charge >= 0.3 is 0 Å². The SMILES string of the molecule is CSc1ccc(-c2nc3cccc4c3n2CCNC4=O)cc1. The lowest BCUT2D eigenvalue weighted by molar-refractivity contribution is 0.0956. The molecule has 0 fully saturated rings. The molecule has 0 atom stereocenters. The third-order valence-electron chi connectivity index (χ3n) is 3.98. The molecule has 1 amide bonds. The predicted molar refractivity (Wildman–Crippen MR) is 89.3 cm³/mol. The summed E-state index contributed by atoms with van der Waals surface area (Å²) in [5.41, 5.74) is 3.59. The summed E-state index contributed by atoms with van der Waals surface area (Å²) >= 11 is 1.72. The van der Waals surface area contributed by atoms with E-state index in [1.807, 2.05) is 18.2 Å². The molecular formula is C17H15N3OS. The van der Waals surface area contributed by atoms with E-state index in [1.165, 1.54) is 4.90 Å². The summed E-state index contributed by atoms with van der Waals surface area (Å²) in [6, 6.07) is 14.1. The number of nitrogens with one attached hydrogen (secondary N) is 1. The normalized spacial score (nSPS) is 14.0. The smallest absolute Gasteiger partial charge is 0.253 e. The third kappa shape index (κ3) is 2.01. The van der Waals surface area contributed by atoms with Gasteiger partial charge in [0.2, 0.25) is 0 Å². The maximum Gasteiger partial charge on any atom is 0.253 e. The number of aromatic nitrogens is 2. The number of benzene rings is 2. The van der Waals surface area contributed by atoms with Crippen molar-refractivity contribution in [2.45, 2.75) is 11.4 Å². The average Bonchev–Trinajstić information content (AvgIpc) is 2.84. The largest absolute Gasteiger partial charge is 0.350 e. The Kier molecular flexibility index (Phi) is 3.15. The van der Waals surface area contributed by atoms with Crippen LogP contribution in [0.5, 0.6) is 0 Å². The first-order valence-electron chi connectivity index (χ1n) is 7.20. The number of imidazole rings is 1. The summed E-state index contributed by atoms with van der Waals surface area (Å²) in [5, 5.41) is 2.94. The Morgan fingerprint density at radius 2 is 2.00 bits per heavy atom. The fraction of sp³-hybridized carbons (Fsp3) is 0.176. The van der Waals surface area contributed by atoms with E-state index in [4.69, 9.17) is 4.98 Å². The summed E-state index contributed by atoms with van der Waals surface area (Å²) in [7, 11) is 0. The Hall–Kier alpha value is -2.27. The van der Waals surface area contributed by atoms with E-state index >= 15 is 0 Å². The molecule has 0 radical (unpaired) electrons. The number of amides is 1. The molecule has 1 N–H and O–H groups in total. The molecule has 1 aliphatic rings. The predicted octanol–water partition coefficient (Wildman–Crippen LogP) is 3.17. The number of thioether (sulfide) groups is 1. The molecule has 3 aromatic rings. The first kappa shape index (κ1) is 13.4. The van der Waals surface area contributed by atoms with Crippen LogP contribution >= 0.6 is 11.8 Å². The van der Waals surface area contributed by atoms with Gasteiger partial charge in [0.1, 0.15) is 5.82 Å². The summed E-state index contributed by atoms with van der Waals surface area (Å²) < 4.78 is 2.15. The van der Waals surface area contributed by atoms with Crippen molar-refractivity contribution in [3.8, 4) is 11.4 Å². The molecule has 110 valence electrons. The Balaban J connectivity index is 1.96. The molecule has 0 saturated carbocycles. The molecule has 4 nitrogen and oxygen atoms in total. The van der Waals surface area contributed by atoms with Gasteiger partial charge < -0.3 is 9.88 Å². The van der Waals surface area contributed by atoms with Gasteiger partial charge in [-0.25, -0.2) is 4.98 Å². The molecule has 0 unspecified atom stereocenters. The molecule has 4 rings (SSSR count). The van der Waals surface area contributed by atoms with Crippen LogP contribution in [0.2, 0.25) is 0 Å². The molecule has 5 heteroatoms. The lowest BCUT2D eigenvalue weighted by Gasteiger charge is -2.07. The van der Waals surface area contributed by atoms with Crippen molar-refractivity contribution in [1.82, 2.24) is 14.9 Å². The number of hydrogen-bond donors (Lipinski definition) is 1. The van der Waals surface area contributed by atoms with E-state index in [9.17, 15) is 4.79 Å². The fourth-order valence-electron chi connectivity index (χ4n) is 2.92. The zero-order chi connectivity index (χ0) is 15.1. The number of carbonyl (C=O) groups excluding carboxylic acids is 1. The van der Waals surface area contributed by atoms with Crippen LogP contribution in [0.3, 0.4) is 0 Å². The number of hydrogen-bond acceptors (Lipinski definition) is 3. The number of para-hydroxylation sites is 1. The Morgan fingerprint density at radius 3 is 2.77 bits per heavy atom. The minimum Gasteiger partial charge on any atom is -0.350 e. The highest BCUT2D eigenvalue weighted by Gasteiger charge is 2.21. The van der Waals surface area contributed by atoms with E-state index in [0.717, 1.165) is 29.0 Å². The highest BCUT2D eigenvalue weighted by molar-refractivity contribution is 7.98. The highest BCUT2D eigenvalue weighted by atomic mass is 32.2. The first-order chi connectivity index (χ1) is 10.8. The summed E-state index contributed by atoms with van der Waals surface area (Å²) in [5.74, 6) is 0.903. The van der Waals surface area contributed by atoms with E-state index in [-0.39, 0.29) is 5.91 Å². The Labute approximate surface area is 132 Å². The minimum absolute atomic E-state index is 0.0199. The van der Waals surface area contributed by atoms with Crippen LogP contribution in [0.25, 0.3) is 22.4 Å². The van der Waals surface area contributed by atoms with Crippen molar-refractivity contribution in [1.29, 1.82) is 0 Å². The van der Waals surface area contributed by atoms with Crippen molar-refractivity contribution < 1.29 is 4.79 Å². The van der Waals surface area contributed by atoms with Gasteiger partial charge in [0.15, 0.2) is 0 Å². The second-order valence-electron chi connectivity index (χ2n) is 5.24. The van der Waals surface area contributed by atoms with Gasteiger partial charge in [0.25, 0.3) is 5.91 Å². The lowest BCUT2D eigenvalue weighted by Crippen LogP contribution is -2.24. The number of rotatable bonds is 2. The molecule has 1 aliphatic heterocycles. The molecule has 0 spiro atoms. The van der Waals surface area contributed by atoms with Gasteiger partial charge in [-0.1, -0.05) is 18.2 Å². The van der Waals surface area contributed by atoms with Crippen LogP contribution in [-0.2, 0) is 6.54 Å². The zero-order valence-corrected chi connectivity index (χ0v) is 13.0. The molecule has 1 aromatic heterocycles.